The van der Waals surface area contributed by atoms with E-state index in [9.17, 15) is 4.79 Å². The lowest BCUT2D eigenvalue weighted by Gasteiger charge is -1.96. The van der Waals surface area contributed by atoms with E-state index in [0.717, 1.165) is 16.3 Å². The molecule has 0 aromatic heterocycles. The fourth-order valence-electron chi connectivity index (χ4n) is 0.931. The Morgan fingerprint density at radius 1 is 1.38 bits per heavy atom. The Hall–Kier alpha value is -0.600. The zero-order valence-corrected chi connectivity index (χ0v) is 9.18. The van der Waals surface area contributed by atoms with Crippen molar-refractivity contribution in [1.82, 2.24) is 0 Å². The summed E-state index contributed by atoms with van der Waals surface area (Å²) in [5, 5.41) is 0.681. The van der Waals surface area contributed by atoms with Crippen LogP contribution in [0, 0.1) is 0 Å². The summed E-state index contributed by atoms with van der Waals surface area (Å²) < 4.78 is 0.936. The standard InChI is InChI=1S/C10H8BrClO/c11-9-5-8(3-1-2-4-13)6-10(12)7-9/h1,3-7H,2H2. The molecule has 13 heavy (non-hydrogen) atoms. The normalized spacial score (nSPS) is 10.6. The van der Waals surface area contributed by atoms with Crippen LogP contribution < -0.4 is 0 Å². The van der Waals surface area contributed by atoms with Gasteiger partial charge in [-0.05, 0) is 23.8 Å². The zero-order valence-electron chi connectivity index (χ0n) is 6.84. The predicted molar refractivity (Wildman–Crippen MR) is 58.9 cm³/mol. The topological polar surface area (TPSA) is 17.1 Å². The first kappa shape index (κ1) is 10.5. The number of aldehydes is 1. The number of hydrogen-bond donors (Lipinski definition) is 0. The van der Waals surface area contributed by atoms with Crippen LogP contribution in [0.3, 0.4) is 0 Å². The number of carbonyl (C=O) groups excluding carboxylic acids is 1. The van der Waals surface area contributed by atoms with Crippen LogP contribution in [0.2, 0.25) is 5.02 Å². The molecule has 0 saturated heterocycles. The molecular weight excluding hydrogens is 251 g/mol. The molecule has 1 nitrogen and oxygen atoms in total. The molecule has 0 fully saturated rings. The number of hydrogen-bond acceptors (Lipinski definition) is 1. The Labute approximate surface area is 90.5 Å². The number of rotatable bonds is 3. The minimum Gasteiger partial charge on any atom is -0.303 e. The molecule has 1 rings (SSSR count). The largest absolute Gasteiger partial charge is 0.303 e. The Bertz CT molecular complexity index is 313. The van der Waals surface area contributed by atoms with Crippen molar-refractivity contribution in [3.8, 4) is 0 Å². The van der Waals surface area contributed by atoms with E-state index in [1.54, 1.807) is 6.08 Å². The van der Waals surface area contributed by atoms with Crippen molar-refractivity contribution in [2.75, 3.05) is 0 Å². The van der Waals surface area contributed by atoms with E-state index < -0.39 is 0 Å². The Kier molecular flexibility index (Phi) is 4.19. The van der Waals surface area contributed by atoms with Gasteiger partial charge in [-0.25, -0.2) is 0 Å². The second kappa shape index (κ2) is 5.20. The minimum absolute atomic E-state index is 0.435. The molecule has 0 amide bonds. The summed E-state index contributed by atoms with van der Waals surface area (Å²) in [5.41, 5.74) is 0.987. The lowest BCUT2D eigenvalue weighted by molar-refractivity contribution is -0.107. The highest BCUT2D eigenvalue weighted by Gasteiger charge is 1.93. The van der Waals surface area contributed by atoms with Gasteiger partial charge < -0.3 is 4.79 Å². The smallest absolute Gasteiger partial charge is 0.123 e. The maximum atomic E-state index is 10.0. The summed E-state index contributed by atoms with van der Waals surface area (Å²) in [6.07, 6.45) is 4.95. The molecule has 0 heterocycles. The molecule has 0 bridgehead atoms. The highest BCUT2D eigenvalue weighted by Crippen LogP contribution is 2.20. The Morgan fingerprint density at radius 3 is 2.77 bits per heavy atom. The summed E-state index contributed by atoms with van der Waals surface area (Å²) in [5.74, 6) is 0. The second-order valence-electron chi connectivity index (χ2n) is 2.51. The summed E-state index contributed by atoms with van der Waals surface area (Å²) in [6.45, 7) is 0. The van der Waals surface area contributed by atoms with Crippen molar-refractivity contribution in [2.24, 2.45) is 0 Å². The summed E-state index contributed by atoms with van der Waals surface area (Å²) in [6, 6.07) is 5.60. The van der Waals surface area contributed by atoms with E-state index in [2.05, 4.69) is 15.9 Å². The van der Waals surface area contributed by atoms with Crippen LogP contribution in [0.25, 0.3) is 6.08 Å². The SMILES string of the molecule is O=CCC=Cc1cc(Cl)cc(Br)c1. The van der Waals surface area contributed by atoms with Crippen LogP contribution in [-0.2, 0) is 4.79 Å². The van der Waals surface area contributed by atoms with Gasteiger partial charge in [0.1, 0.15) is 6.29 Å². The van der Waals surface area contributed by atoms with Gasteiger partial charge in [0, 0.05) is 15.9 Å². The molecule has 0 aliphatic rings. The quantitative estimate of drug-likeness (QED) is 0.756. The monoisotopic (exact) mass is 258 g/mol. The van der Waals surface area contributed by atoms with Crippen LogP contribution in [0.15, 0.2) is 28.7 Å². The summed E-state index contributed by atoms with van der Waals surface area (Å²) >= 11 is 9.16. The van der Waals surface area contributed by atoms with Gasteiger partial charge in [0.2, 0.25) is 0 Å². The van der Waals surface area contributed by atoms with Gasteiger partial charge >= 0.3 is 0 Å². The number of benzene rings is 1. The van der Waals surface area contributed by atoms with Crippen molar-refractivity contribution in [3.05, 3.63) is 39.3 Å². The van der Waals surface area contributed by atoms with Crippen molar-refractivity contribution >= 4 is 39.9 Å². The van der Waals surface area contributed by atoms with Crippen molar-refractivity contribution < 1.29 is 4.79 Å². The first-order valence-corrected chi connectivity index (χ1v) is 4.96. The average Bonchev–Trinajstić information content (AvgIpc) is 2.03. The maximum absolute atomic E-state index is 10.0. The third kappa shape index (κ3) is 3.75. The lowest BCUT2D eigenvalue weighted by Crippen LogP contribution is -1.74. The van der Waals surface area contributed by atoms with Gasteiger partial charge in [0.25, 0.3) is 0 Å². The highest BCUT2D eigenvalue weighted by molar-refractivity contribution is 9.10. The van der Waals surface area contributed by atoms with Gasteiger partial charge in [-0.15, -0.1) is 0 Å². The number of halogens is 2. The molecule has 0 spiro atoms. The fraction of sp³-hybridized carbons (Fsp3) is 0.100. The highest BCUT2D eigenvalue weighted by atomic mass is 79.9. The fourth-order valence-corrected chi connectivity index (χ4v) is 1.82. The van der Waals surface area contributed by atoms with E-state index in [1.807, 2.05) is 24.3 Å². The summed E-state index contributed by atoms with van der Waals surface area (Å²) in [4.78, 5) is 10.0. The molecule has 1 aromatic rings. The van der Waals surface area contributed by atoms with E-state index in [1.165, 1.54) is 0 Å². The molecular formula is C10H8BrClO. The molecule has 1 aromatic carbocycles. The van der Waals surface area contributed by atoms with Crippen LogP contribution in [0.5, 0.6) is 0 Å². The van der Waals surface area contributed by atoms with Gasteiger partial charge in [-0.2, -0.15) is 0 Å². The molecule has 0 aliphatic heterocycles. The first-order chi connectivity index (χ1) is 6.22. The van der Waals surface area contributed by atoms with Gasteiger partial charge in [-0.1, -0.05) is 39.7 Å². The molecule has 0 unspecified atom stereocenters. The van der Waals surface area contributed by atoms with Gasteiger partial charge in [0.05, 0.1) is 0 Å². The van der Waals surface area contributed by atoms with E-state index in [4.69, 9.17) is 11.6 Å². The lowest BCUT2D eigenvalue weighted by atomic mass is 10.2. The van der Waals surface area contributed by atoms with Crippen LogP contribution in [0.1, 0.15) is 12.0 Å². The van der Waals surface area contributed by atoms with Crippen molar-refractivity contribution in [1.29, 1.82) is 0 Å². The molecule has 3 heteroatoms. The minimum atomic E-state index is 0.435. The molecule has 0 aliphatic carbocycles. The maximum Gasteiger partial charge on any atom is 0.123 e. The third-order valence-electron chi connectivity index (χ3n) is 1.43. The van der Waals surface area contributed by atoms with Crippen LogP contribution in [0.4, 0.5) is 0 Å². The van der Waals surface area contributed by atoms with Crippen LogP contribution >= 0.6 is 27.5 Å². The van der Waals surface area contributed by atoms with Crippen molar-refractivity contribution in [3.63, 3.8) is 0 Å². The molecule has 0 radical (unpaired) electrons. The first-order valence-electron chi connectivity index (χ1n) is 3.78. The van der Waals surface area contributed by atoms with Crippen molar-refractivity contribution in [2.45, 2.75) is 6.42 Å². The van der Waals surface area contributed by atoms with Crippen LogP contribution in [-0.4, -0.2) is 6.29 Å². The predicted octanol–water partition coefficient (Wildman–Crippen LogP) is 3.70. The zero-order chi connectivity index (χ0) is 9.68. The number of carbonyl (C=O) groups is 1. The molecule has 68 valence electrons. The van der Waals surface area contributed by atoms with E-state index in [0.29, 0.717) is 11.4 Å². The molecule has 0 saturated carbocycles. The average molecular weight is 260 g/mol. The Morgan fingerprint density at radius 2 is 2.15 bits per heavy atom. The van der Waals surface area contributed by atoms with E-state index in [-0.39, 0.29) is 0 Å². The van der Waals surface area contributed by atoms with E-state index >= 15 is 0 Å². The van der Waals surface area contributed by atoms with Gasteiger partial charge in [0.15, 0.2) is 0 Å². The molecule has 0 atom stereocenters. The second-order valence-corrected chi connectivity index (χ2v) is 3.86. The number of allylic oxidation sites excluding steroid dienone is 1. The Balaban J connectivity index is 2.82. The summed E-state index contributed by atoms with van der Waals surface area (Å²) in [7, 11) is 0. The molecule has 0 N–H and O–H groups in total. The third-order valence-corrected chi connectivity index (χ3v) is 2.10. The van der Waals surface area contributed by atoms with Gasteiger partial charge in [-0.3, -0.25) is 0 Å².